The molecule has 0 bridgehead atoms. The van der Waals surface area contributed by atoms with Crippen molar-refractivity contribution >= 4 is 5.52 Å². The van der Waals surface area contributed by atoms with Gasteiger partial charge in [0.2, 0.25) is 0 Å². The van der Waals surface area contributed by atoms with Crippen LogP contribution >= 0.6 is 0 Å². The summed E-state index contributed by atoms with van der Waals surface area (Å²) in [5, 5.41) is 10.4. The minimum absolute atomic E-state index is 0.265. The fourth-order valence-corrected chi connectivity index (χ4v) is 1.77. The van der Waals surface area contributed by atoms with Crippen LogP contribution in [-0.2, 0) is 0 Å². The fourth-order valence-electron chi connectivity index (χ4n) is 1.77. The van der Waals surface area contributed by atoms with E-state index in [-0.39, 0.29) is 5.56 Å². The molecule has 2 heterocycles. The summed E-state index contributed by atoms with van der Waals surface area (Å²) in [7, 11) is 1.61. The van der Waals surface area contributed by atoms with Crippen molar-refractivity contribution in [3.63, 3.8) is 0 Å². The smallest absolute Gasteiger partial charge is 0.290 e. The molecule has 0 aliphatic rings. The van der Waals surface area contributed by atoms with Gasteiger partial charge in [0.25, 0.3) is 5.56 Å². The first-order valence-corrected chi connectivity index (χ1v) is 5.35. The minimum atomic E-state index is -0.265. The van der Waals surface area contributed by atoms with Gasteiger partial charge in [-0.15, -0.1) is 0 Å². The summed E-state index contributed by atoms with van der Waals surface area (Å²) in [6.07, 6.45) is 1.46. The van der Waals surface area contributed by atoms with Gasteiger partial charge in [-0.25, -0.2) is 9.61 Å². The highest BCUT2D eigenvalue weighted by Gasteiger charge is 2.07. The largest absolute Gasteiger partial charge is 0.497 e. The molecule has 0 spiro atoms. The van der Waals surface area contributed by atoms with E-state index in [4.69, 9.17) is 4.74 Å². The van der Waals surface area contributed by atoms with Crippen molar-refractivity contribution in [1.82, 2.24) is 19.8 Å². The Bertz CT molecular complexity index is 760. The molecule has 0 unspecified atom stereocenters. The molecule has 0 aliphatic carbocycles. The maximum atomic E-state index is 11.5. The maximum absolute atomic E-state index is 11.5. The maximum Gasteiger partial charge on any atom is 0.290 e. The number of hydrogen-bond acceptors (Lipinski definition) is 4. The number of ether oxygens (including phenoxy) is 1. The highest BCUT2D eigenvalue weighted by molar-refractivity contribution is 5.66. The predicted octanol–water partition coefficient (Wildman–Crippen LogP) is 1.09. The normalized spacial score (nSPS) is 10.7. The second kappa shape index (κ2) is 3.99. The number of nitrogens with one attached hydrogen (secondary N) is 1. The summed E-state index contributed by atoms with van der Waals surface area (Å²) in [5.74, 6) is 0.747. The van der Waals surface area contributed by atoms with E-state index in [1.807, 2.05) is 24.3 Å². The van der Waals surface area contributed by atoms with Crippen molar-refractivity contribution in [2.45, 2.75) is 0 Å². The Hall–Kier alpha value is -2.63. The Balaban J connectivity index is 2.19. The van der Waals surface area contributed by atoms with Gasteiger partial charge < -0.3 is 4.74 Å². The highest BCUT2D eigenvalue weighted by atomic mass is 16.5. The Morgan fingerprint density at radius 3 is 3.00 bits per heavy atom. The second-order valence-corrected chi connectivity index (χ2v) is 3.78. The first-order valence-electron chi connectivity index (χ1n) is 5.35. The number of benzene rings is 1. The van der Waals surface area contributed by atoms with Gasteiger partial charge in [0.05, 0.1) is 12.8 Å². The number of rotatable bonds is 2. The molecule has 90 valence electrons. The molecule has 0 aliphatic heterocycles. The van der Waals surface area contributed by atoms with Crippen molar-refractivity contribution in [1.29, 1.82) is 0 Å². The van der Waals surface area contributed by atoms with Crippen LogP contribution in [-0.4, -0.2) is 26.9 Å². The topological polar surface area (TPSA) is 72.3 Å². The van der Waals surface area contributed by atoms with E-state index in [1.54, 1.807) is 13.2 Å². The minimum Gasteiger partial charge on any atom is -0.497 e. The highest BCUT2D eigenvalue weighted by Crippen LogP contribution is 2.22. The number of nitrogens with zero attached hydrogens (tertiary/aromatic N) is 3. The van der Waals surface area contributed by atoms with Crippen LogP contribution in [0.15, 0.2) is 41.5 Å². The molecule has 0 radical (unpaired) electrons. The van der Waals surface area contributed by atoms with Crippen LogP contribution < -0.4 is 10.3 Å². The van der Waals surface area contributed by atoms with Crippen LogP contribution in [0.1, 0.15) is 0 Å². The Labute approximate surface area is 102 Å². The zero-order valence-electron chi connectivity index (χ0n) is 9.62. The summed E-state index contributed by atoms with van der Waals surface area (Å²) in [4.78, 5) is 11.5. The van der Waals surface area contributed by atoms with Gasteiger partial charge in [0.1, 0.15) is 17.6 Å². The first-order chi connectivity index (χ1) is 8.78. The molecule has 0 fully saturated rings. The first kappa shape index (κ1) is 10.5. The van der Waals surface area contributed by atoms with Crippen molar-refractivity contribution in [2.24, 2.45) is 0 Å². The number of aromatic nitrogens is 4. The molecular weight excluding hydrogens is 232 g/mol. The average Bonchev–Trinajstić information content (AvgIpc) is 2.84. The summed E-state index contributed by atoms with van der Waals surface area (Å²) in [6, 6.07) is 9.22. The molecule has 1 aromatic carbocycles. The van der Waals surface area contributed by atoms with Gasteiger partial charge in [-0.2, -0.15) is 10.2 Å². The molecule has 0 saturated heterocycles. The Morgan fingerprint density at radius 2 is 2.22 bits per heavy atom. The van der Waals surface area contributed by atoms with Crippen LogP contribution in [0.25, 0.3) is 16.8 Å². The zero-order chi connectivity index (χ0) is 12.5. The lowest BCUT2D eigenvalue weighted by Crippen LogP contribution is -2.10. The molecule has 18 heavy (non-hydrogen) atoms. The van der Waals surface area contributed by atoms with Gasteiger partial charge in [0.15, 0.2) is 0 Å². The van der Waals surface area contributed by atoms with E-state index in [9.17, 15) is 4.79 Å². The van der Waals surface area contributed by atoms with E-state index >= 15 is 0 Å². The zero-order valence-corrected chi connectivity index (χ0v) is 9.62. The molecule has 6 heteroatoms. The van der Waals surface area contributed by atoms with Crippen molar-refractivity contribution in [3.05, 3.63) is 47.0 Å². The Morgan fingerprint density at radius 1 is 1.33 bits per heavy atom. The second-order valence-electron chi connectivity index (χ2n) is 3.78. The van der Waals surface area contributed by atoms with Gasteiger partial charge in [-0.1, -0.05) is 12.1 Å². The summed E-state index contributed by atoms with van der Waals surface area (Å²) < 4.78 is 6.61. The van der Waals surface area contributed by atoms with Crippen LogP contribution in [0.4, 0.5) is 0 Å². The Kier molecular flexibility index (Phi) is 2.33. The fraction of sp³-hybridized carbons (Fsp3) is 0.0833. The summed E-state index contributed by atoms with van der Waals surface area (Å²) >= 11 is 0. The summed E-state index contributed by atoms with van der Waals surface area (Å²) in [5.41, 5.74) is 1.78. The third kappa shape index (κ3) is 1.64. The molecule has 2 aromatic heterocycles. The monoisotopic (exact) mass is 242 g/mol. The van der Waals surface area contributed by atoms with E-state index in [0.29, 0.717) is 11.2 Å². The van der Waals surface area contributed by atoms with Gasteiger partial charge >= 0.3 is 0 Å². The predicted molar refractivity (Wildman–Crippen MR) is 65.6 cm³/mol. The van der Waals surface area contributed by atoms with Gasteiger partial charge in [-0.05, 0) is 18.2 Å². The molecule has 0 amide bonds. The van der Waals surface area contributed by atoms with Gasteiger partial charge in [-0.3, -0.25) is 4.79 Å². The molecular formula is C12H10N4O2. The van der Waals surface area contributed by atoms with Crippen molar-refractivity contribution in [2.75, 3.05) is 7.11 Å². The van der Waals surface area contributed by atoms with Crippen LogP contribution in [0.5, 0.6) is 5.75 Å². The molecule has 6 nitrogen and oxygen atoms in total. The quantitative estimate of drug-likeness (QED) is 0.730. The van der Waals surface area contributed by atoms with Crippen LogP contribution in [0.3, 0.4) is 0 Å². The van der Waals surface area contributed by atoms with Gasteiger partial charge in [0, 0.05) is 5.56 Å². The lowest BCUT2D eigenvalue weighted by Gasteiger charge is -2.00. The number of H-pyrrole nitrogens is 1. The van der Waals surface area contributed by atoms with Crippen molar-refractivity contribution < 1.29 is 4.74 Å². The molecule has 3 rings (SSSR count). The van der Waals surface area contributed by atoms with E-state index in [0.717, 1.165) is 11.3 Å². The van der Waals surface area contributed by atoms with E-state index in [2.05, 4.69) is 15.3 Å². The third-order valence-corrected chi connectivity index (χ3v) is 2.67. The third-order valence-electron chi connectivity index (χ3n) is 2.67. The molecule has 3 aromatic rings. The van der Waals surface area contributed by atoms with Crippen LogP contribution in [0.2, 0.25) is 0 Å². The summed E-state index contributed by atoms with van der Waals surface area (Å²) in [6.45, 7) is 0. The van der Waals surface area contributed by atoms with Crippen LogP contribution in [0, 0.1) is 0 Å². The van der Waals surface area contributed by atoms with E-state index < -0.39 is 0 Å². The number of aromatic amines is 1. The standard InChI is InChI=1S/C12H10N4O2/c1-18-9-4-2-3-8(5-9)10-6-11-12(17)14-13-7-16(11)15-10/h2-7H,1H3,(H,14,17). The lowest BCUT2D eigenvalue weighted by atomic mass is 10.1. The number of fused-ring (bicyclic) bond motifs is 1. The van der Waals surface area contributed by atoms with E-state index in [1.165, 1.54) is 10.8 Å². The average molecular weight is 242 g/mol. The molecule has 1 N–H and O–H groups in total. The lowest BCUT2D eigenvalue weighted by molar-refractivity contribution is 0.415. The number of hydrogen-bond donors (Lipinski definition) is 1. The molecule has 0 saturated carbocycles. The molecule has 0 atom stereocenters. The SMILES string of the molecule is COc1cccc(-c2cc3c(=O)[nH]ncn3n2)c1. The number of methoxy groups -OCH3 is 1. The van der Waals surface area contributed by atoms with Crippen molar-refractivity contribution in [3.8, 4) is 17.0 Å².